The number of aliphatic hydroxyl groups is 1. The van der Waals surface area contributed by atoms with Crippen molar-refractivity contribution in [2.45, 2.75) is 6.42 Å². The number of carbonyl (C=O) groups excluding carboxylic acids is 1. The van der Waals surface area contributed by atoms with E-state index < -0.39 is 0 Å². The van der Waals surface area contributed by atoms with Crippen LogP contribution in [0.5, 0.6) is 0 Å². The average molecular weight is 319 g/mol. The highest BCUT2D eigenvalue weighted by molar-refractivity contribution is 6.31. The van der Waals surface area contributed by atoms with Crippen molar-refractivity contribution in [3.63, 3.8) is 0 Å². The Hall–Kier alpha value is -2.04. The zero-order chi connectivity index (χ0) is 15.8. The molecule has 0 fully saturated rings. The van der Waals surface area contributed by atoms with E-state index in [1.54, 1.807) is 12.1 Å². The summed E-state index contributed by atoms with van der Waals surface area (Å²) in [4.78, 5) is 11.8. The van der Waals surface area contributed by atoms with E-state index in [2.05, 4.69) is 10.6 Å². The van der Waals surface area contributed by atoms with Gasteiger partial charge in [-0.05, 0) is 36.2 Å². The molecule has 1 amide bonds. The third-order valence-electron chi connectivity index (χ3n) is 3.20. The van der Waals surface area contributed by atoms with Crippen LogP contribution in [0, 0.1) is 0 Å². The van der Waals surface area contributed by atoms with Crippen molar-refractivity contribution in [3.8, 4) is 0 Å². The molecular formula is C17H19ClN2O2. The maximum Gasteiger partial charge on any atom is 0.251 e. The third kappa shape index (κ3) is 4.76. The van der Waals surface area contributed by atoms with Gasteiger partial charge in [0.25, 0.3) is 5.91 Å². The highest BCUT2D eigenvalue weighted by atomic mass is 35.5. The van der Waals surface area contributed by atoms with Crippen LogP contribution in [0.3, 0.4) is 0 Å². The normalized spacial score (nSPS) is 10.3. The van der Waals surface area contributed by atoms with Crippen LogP contribution >= 0.6 is 11.6 Å². The van der Waals surface area contributed by atoms with Gasteiger partial charge < -0.3 is 15.7 Å². The summed E-state index contributed by atoms with van der Waals surface area (Å²) in [7, 11) is 0. The van der Waals surface area contributed by atoms with Crippen molar-refractivity contribution in [1.82, 2.24) is 5.32 Å². The Labute approximate surface area is 135 Å². The smallest absolute Gasteiger partial charge is 0.251 e. The first-order chi connectivity index (χ1) is 10.7. The molecule has 0 saturated heterocycles. The molecule has 0 aliphatic carbocycles. The number of hydrogen-bond donors (Lipinski definition) is 3. The highest BCUT2D eigenvalue weighted by Gasteiger charge is 2.05. The molecule has 4 nitrogen and oxygen atoms in total. The van der Waals surface area contributed by atoms with E-state index >= 15 is 0 Å². The van der Waals surface area contributed by atoms with Gasteiger partial charge in [0.15, 0.2) is 0 Å². The molecule has 0 radical (unpaired) electrons. The minimum absolute atomic E-state index is 0.0679. The predicted octanol–water partition coefficient (Wildman–Crippen LogP) is 2.72. The number of benzene rings is 2. The van der Waals surface area contributed by atoms with Crippen molar-refractivity contribution in [2.75, 3.05) is 25.0 Å². The molecule has 0 heterocycles. The lowest BCUT2D eigenvalue weighted by Gasteiger charge is -2.09. The molecule has 0 spiro atoms. The number of anilines is 1. The van der Waals surface area contributed by atoms with Crippen molar-refractivity contribution in [2.24, 2.45) is 0 Å². The summed E-state index contributed by atoms with van der Waals surface area (Å²) < 4.78 is 0. The lowest BCUT2D eigenvalue weighted by Crippen LogP contribution is -2.26. The zero-order valence-corrected chi connectivity index (χ0v) is 12.9. The van der Waals surface area contributed by atoms with Crippen LogP contribution in [-0.4, -0.2) is 30.7 Å². The first-order valence-corrected chi connectivity index (χ1v) is 7.55. The van der Waals surface area contributed by atoms with E-state index in [0.29, 0.717) is 5.56 Å². The number of carbonyl (C=O) groups is 1. The van der Waals surface area contributed by atoms with E-state index in [-0.39, 0.29) is 19.1 Å². The van der Waals surface area contributed by atoms with E-state index in [4.69, 9.17) is 16.7 Å². The lowest BCUT2D eigenvalue weighted by molar-refractivity contribution is 0.0945. The number of aliphatic hydroxyl groups excluding tert-OH is 1. The molecule has 2 rings (SSSR count). The Kier molecular flexibility index (Phi) is 6.25. The zero-order valence-electron chi connectivity index (χ0n) is 12.2. The number of halogens is 1. The minimum Gasteiger partial charge on any atom is -0.395 e. The molecule has 0 unspecified atom stereocenters. The van der Waals surface area contributed by atoms with Gasteiger partial charge in [0.05, 0.1) is 6.61 Å². The standard InChI is InChI=1S/C17H19ClN2O2/c18-16-7-2-1-4-13(16)8-9-19-15-6-3-5-14(12-15)17(22)20-10-11-21/h1-7,12,19,21H,8-11H2,(H,20,22). The van der Waals surface area contributed by atoms with Crippen molar-refractivity contribution < 1.29 is 9.90 Å². The summed E-state index contributed by atoms with van der Waals surface area (Å²) >= 11 is 6.12. The maximum absolute atomic E-state index is 11.8. The monoisotopic (exact) mass is 318 g/mol. The minimum atomic E-state index is -0.191. The molecule has 0 atom stereocenters. The molecular weight excluding hydrogens is 300 g/mol. The summed E-state index contributed by atoms with van der Waals surface area (Å²) in [6.07, 6.45) is 0.806. The Morgan fingerprint density at radius 2 is 1.91 bits per heavy atom. The van der Waals surface area contributed by atoms with Gasteiger partial charge in [0, 0.05) is 29.4 Å². The average Bonchev–Trinajstić information content (AvgIpc) is 2.54. The Morgan fingerprint density at radius 3 is 2.68 bits per heavy atom. The summed E-state index contributed by atoms with van der Waals surface area (Å²) in [5.74, 6) is -0.191. The van der Waals surface area contributed by atoms with Crippen LogP contribution in [0.25, 0.3) is 0 Å². The Bertz CT molecular complexity index is 632. The number of nitrogens with one attached hydrogen (secondary N) is 2. The van der Waals surface area contributed by atoms with Gasteiger partial charge in [-0.1, -0.05) is 35.9 Å². The van der Waals surface area contributed by atoms with Gasteiger partial charge >= 0.3 is 0 Å². The molecule has 5 heteroatoms. The molecule has 0 aromatic heterocycles. The first-order valence-electron chi connectivity index (χ1n) is 7.17. The molecule has 2 aromatic carbocycles. The van der Waals surface area contributed by atoms with Crippen LogP contribution < -0.4 is 10.6 Å². The molecule has 116 valence electrons. The van der Waals surface area contributed by atoms with Crippen LogP contribution in [0.15, 0.2) is 48.5 Å². The lowest BCUT2D eigenvalue weighted by atomic mass is 10.1. The number of rotatable bonds is 7. The van der Waals surface area contributed by atoms with Gasteiger partial charge in [-0.25, -0.2) is 0 Å². The summed E-state index contributed by atoms with van der Waals surface area (Å²) in [6.45, 7) is 0.913. The molecule has 0 saturated carbocycles. The number of hydrogen-bond acceptors (Lipinski definition) is 3. The summed E-state index contributed by atoms with van der Waals surface area (Å²) in [6, 6.07) is 15.0. The summed E-state index contributed by atoms with van der Waals surface area (Å²) in [5.41, 5.74) is 2.54. The van der Waals surface area contributed by atoms with E-state index in [1.165, 1.54) is 0 Å². The van der Waals surface area contributed by atoms with Gasteiger partial charge in [-0.3, -0.25) is 4.79 Å². The number of amides is 1. The molecule has 2 aromatic rings. The molecule has 0 bridgehead atoms. The van der Waals surface area contributed by atoms with Gasteiger partial charge in [0.2, 0.25) is 0 Å². The molecule has 0 aliphatic rings. The molecule has 3 N–H and O–H groups in total. The SMILES string of the molecule is O=C(NCCO)c1cccc(NCCc2ccccc2Cl)c1. The van der Waals surface area contributed by atoms with Crippen molar-refractivity contribution in [3.05, 3.63) is 64.7 Å². The van der Waals surface area contributed by atoms with E-state index in [0.717, 1.165) is 29.2 Å². The second kappa shape index (κ2) is 8.41. The quantitative estimate of drug-likeness (QED) is 0.735. The second-order valence-electron chi connectivity index (χ2n) is 4.83. The fourth-order valence-electron chi connectivity index (χ4n) is 2.08. The largest absolute Gasteiger partial charge is 0.395 e. The van der Waals surface area contributed by atoms with Crippen molar-refractivity contribution >= 4 is 23.2 Å². The van der Waals surface area contributed by atoms with E-state index in [9.17, 15) is 4.79 Å². The fraction of sp³-hybridized carbons (Fsp3) is 0.235. The van der Waals surface area contributed by atoms with Crippen LogP contribution in [0.1, 0.15) is 15.9 Å². The second-order valence-corrected chi connectivity index (χ2v) is 5.24. The summed E-state index contributed by atoms with van der Waals surface area (Å²) in [5, 5.41) is 15.4. The highest BCUT2D eigenvalue weighted by Crippen LogP contribution is 2.16. The molecule has 0 aliphatic heterocycles. The van der Waals surface area contributed by atoms with Gasteiger partial charge in [0.1, 0.15) is 0 Å². The van der Waals surface area contributed by atoms with Crippen LogP contribution in [0.2, 0.25) is 5.02 Å². The van der Waals surface area contributed by atoms with Crippen LogP contribution in [0.4, 0.5) is 5.69 Å². The Balaban J connectivity index is 1.90. The predicted molar refractivity (Wildman–Crippen MR) is 89.5 cm³/mol. The van der Waals surface area contributed by atoms with Gasteiger partial charge in [-0.2, -0.15) is 0 Å². The topological polar surface area (TPSA) is 61.4 Å². The maximum atomic E-state index is 11.8. The first kappa shape index (κ1) is 16.3. The molecule has 22 heavy (non-hydrogen) atoms. The van der Waals surface area contributed by atoms with Crippen LogP contribution in [-0.2, 0) is 6.42 Å². The van der Waals surface area contributed by atoms with E-state index in [1.807, 2.05) is 36.4 Å². The Morgan fingerprint density at radius 1 is 1.09 bits per heavy atom. The fourth-order valence-corrected chi connectivity index (χ4v) is 2.31. The third-order valence-corrected chi connectivity index (χ3v) is 3.57. The van der Waals surface area contributed by atoms with Crippen molar-refractivity contribution in [1.29, 1.82) is 0 Å². The van der Waals surface area contributed by atoms with Gasteiger partial charge in [-0.15, -0.1) is 0 Å².